The van der Waals surface area contributed by atoms with Crippen LogP contribution in [0.1, 0.15) is 5.56 Å². The minimum absolute atomic E-state index is 0.431. The smallest absolute Gasteiger partial charge is 0.276 e. The van der Waals surface area contributed by atoms with Crippen LogP contribution >= 0.6 is 11.8 Å². The second-order valence-electron chi connectivity index (χ2n) is 4.89. The molecule has 2 heterocycles. The van der Waals surface area contributed by atoms with Gasteiger partial charge in [0.2, 0.25) is 0 Å². The van der Waals surface area contributed by atoms with E-state index in [9.17, 15) is 0 Å². The summed E-state index contributed by atoms with van der Waals surface area (Å²) in [6, 6.07) is 9.47. The lowest BCUT2D eigenvalue weighted by Gasteiger charge is -2.07. The summed E-state index contributed by atoms with van der Waals surface area (Å²) in [5, 5.41) is 8.74. The summed E-state index contributed by atoms with van der Waals surface area (Å²) >= 11 is 1.53. The Bertz CT molecular complexity index is 793. The first-order valence-corrected chi connectivity index (χ1v) is 8.36. The molecule has 2 aromatic heterocycles. The zero-order valence-electron chi connectivity index (χ0n) is 13.4. The number of rotatable bonds is 7. The molecule has 0 atom stereocenters. The Morgan fingerprint density at radius 2 is 1.88 bits per heavy atom. The highest BCUT2D eigenvalue weighted by Gasteiger charge is 2.14. The molecule has 3 aromatic rings. The molecule has 0 saturated heterocycles. The molecule has 0 aliphatic rings. The molecule has 0 unspecified atom stereocenters. The van der Waals surface area contributed by atoms with Crippen molar-refractivity contribution in [3.8, 4) is 23.0 Å². The van der Waals surface area contributed by atoms with Gasteiger partial charge in [-0.05, 0) is 36.2 Å². The van der Waals surface area contributed by atoms with Gasteiger partial charge in [-0.1, -0.05) is 11.8 Å². The van der Waals surface area contributed by atoms with Crippen molar-refractivity contribution in [1.29, 1.82) is 0 Å². The highest BCUT2D eigenvalue weighted by Crippen LogP contribution is 2.33. The van der Waals surface area contributed by atoms with Crippen LogP contribution in [0, 0.1) is 0 Å². The second kappa shape index (κ2) is 7.83. The van der Waals surface area contributed by atoms with Gasteiger partial charge in [-0.15, -0.1) is 10.2 Å². The number of aromatic nitrogens is 3. The van der Waals surface area contributed by atoms with Crippen LogP contribution in [-0.2, 0) is 6.42 Å². The Labute approximate surface area is 144 Å². The fourth-order valence-corrected chi connectivity index (χ4v) is 2.91. The fourth-order valence-electron chi connectivity index (χ4n) is 2.16. The molecule has 124 valence electrons. The average molecular weight is 343 g/mol. The number of pyridine rings is 1. The third kappa shape index (κ3) is 3.86. The molecule has 0 bridgehead atoms. The first-order chi connectivity index (χ1) is 11.8. The molecular formula is C17H17N3O3S. The van der Waals surface area contributed by atoms with Gasteiger partial charge in [0.1, 0.15) is 11.5 Å². The monoisotopic (exact) mass is 343 g/mol. The maximum absolute atomic E-state index is 5.73. The Morgan fingerprint density at radius 1 is 1.04 bits per heavy atom. The topological polar surface area (TPSA) is 70.3 Å². The largest absolute Gasteiger partial charge is 0.497 e. The number of ether oxygens (including phenoxy) is 2. The van der Waals surface area contributed by atoms with E-state index in [0.29, 0.717) is 22.6 Å². The normalized spacial score (nSPS) is 10.6. The quantitative estimate of drug-likeness (QED) is 0.608. The predicted molar refractivity (Wildman–Crippen MR) is 91.5 cm³/mol. The summed E-state index contributed by atoms with van der Waals surface area (Å²) in [5.74, 6) is 2.63. The van der Waals surface area contributed by atoms with Crippen molar-refractivity contribution in [2.45, 2.75) is 11.6 Å². The van der Waals surface area contributed by atoms with Gasteiger partial charge in [0, 0.05) is 24.2 Å². The standard InChI is InChI=1S/C17H17N3O3S/c1-21-13-3-4-14(15(11-13)22-2)16-19-20-17(23-16)24-10-7-12-5-8-18-9-6-12/h3-6,8-9,11H,7,10H2,1-2H3. The molecule has 0 amide bonds. The molecule has 0 saturated carbocycles. The summed E-state index contributed by atoms with van der Waals surface area (Å²) in [7, 11) is 3.21. The van der Waals surface area contributed by atoms with Crippen molar-refractivity contribution in [2.75, 3.05) is 20.0 Å². The van der Waals surface area contributed by atoms with Gasteiger partial charge in [0.05, 0.1) is 19.8 Å². The Morgan fingerprint density at radius 3 is 2.62 bits per heavy atom. The number of hydrogen-bond donors (Lipinski definition) is 0. The molecule has 0 aliphatic carbocycles. The van der Waals surface area contributed by atoms with Gasteiger partial charge in [0.15, 0.2) is 0 Å². The minimum atomic E-state index is 0.431. The summed E-state index contributed by atoms with van der Waals surface area (Å²) in [6.07, 6.45) is 4.50. The highest BCUT2D eigenvalue weighted by atomic mass is 32.2. The van der Waals surface area contributed by atoms with E-state index < -0.39 is 0 Å². The van der Waals surface area contributed by atoms with Gasteiger partial charge in [-0.2, -0.15) is 0 Å². The second-order valence-corrected chi connectivity index (χ2v) is 5.94. The molecule has 0 radical (unpaired) electrons. The van der Waals surface area contributed by atoms with Crippen molar-refractivity contribution >= 4 is 11.8 Å². The van der Waals surface area contributed by atoms with Gasteiger partial charge >= 0.3 is 0 Å². The number of nitrogens with zero attached hydrogens (tertiary/aromatic N) is 3. The summed E-state index contributed by atoms with van der Waals surface area (Å²) < 4.78 is 16.3. The van der Waals surface area contributed by atoms with Gasteiger partial charge in [-0.3, -0.25) is 4.98 Å². The molecular weight excluding hydrogens is 326 g/mol. The molecule has 3 rings (SSSR count). The van der Waals surface area contributed by atoms with Crippen molar-refractivity contribution in [3.05, 3.63) is 48.3 Å². The first kappa shape index (κ1) is 16.3. The van der Waals surface area contributed by atoms with E-state index in [4.69, 9.17) is 13.9 Å². The Balaban J connectivity index is 1.67. The maximum atomic E-state index is 5.73. The van der Waals surface area contributed by atoms with E-state index in [1.807, 2.05) is 24.3 Å². The van der Waals surface area contributed by atoms with Crippen LogP contribution < -0.4 is 9.47 Å². The van der Waals surface area contributed by atoms with Gasteiger partial charge in [-0.25, -0.2) is 0 Å². The molecule has 1 aromatic carbocycles. The van der Waals surface area contributed by atoms with Crippen molar-refractivity contribution < 1.29 is 13.9 Å². The van der Waals surface area contributed by atoms with E-state index in [1.54, 1.807) is 32.7 Å². The van der Waals surface area contributed by atoms with Gasteiger partial charge in [0.25, 0.3) is 11.1 Å². The zero-order valence-corrected chi connectivity index (χ0v) is 14.2. The molecule has 0 spiro atoms. The minimum Gasteiger partial charge on any atom is -0.497 e. The number of aryl methyl sites for hydroxylation is 1. The number of hydrogen-bond acceptors (Lipinski definition) is 7. The first-order valence-electron chi connectivity index (χ1n) is 7.38. The molecule has 6 nitrogen and oxygen atoms in total. The fraction of sp³-hybridized carbons (Fsp3) is 0.235. The van der Waals surface area contributed by atoms with Crippen LogP contribution in [0.4, 0.5) is 0 Å². The zero-order chi connectivity index (χ0) is 16.8. The van der Waals surface area contributed by atoms with Crippen LogP contribution in [0.25, 0.3) is 11.5 Å². The van der Waals surface area contributed by atoms with E-state index in [-0.39, 0.29) is 0 Å². The predicted octanol–water partition coefficient (Wildman–Crippen LogP) is 3.48. The molecule has 0 fully saturated rings. The average Bonchev–Trinajstić information content (AvgIpc) is 3.10. The van der Waals surface area contributed by atoms with Crippen LogP contribution in [0.2, 0.25) is 0 Å². The number of methoxy groups -OCH3 is 2. The van der Waals surface area contributed by atoms with E-state index in [2.05, 4.69) is 15.2 Å². The Kier molecular flexibility index (Phi) is 5.32. The van der Waals surface area contributed by atoms with Crippen molar-refractivity contribution in [2.24, 2.45) is 0 Å². The SMILES string of the molecule is COc1ccc(-c2nnc(SCCc3ccncc3)o2)c(OC)c1. The molecule has 7 heteroatoms. The van der Waals surface area contributed by atoms with Crippen LogP contribution in [0.15, 0.2) is 52.4 Å². The third-order valence-electron chi connectivity index (χ3n) is 3.41. The van der Waals surface area contributed by atoms with Crippen molar-refractivity contribution in [1.82, 2.24) is 15.2 Å². The summed E-state index contributed by atoms with van der Waals surface area (Å²) in [6.45, 7) is 0. The maximum Gasteiger partial charge on any atom is 0.276 e. The van der Waals surface area contributed by atoms with Crippen molar-refractivity contribution in [3.63, 3.8) is 0 Å². The summed E-state index contributed by atoms with van der Waals surface area (Å²) in [4.78, 5) is 4.01. The molecule has 0 aliphatic heterocycles. The third-order valence-corrected chi connectivity index (χ3v) is 4.23. The summed E-state index contributed by atoms with van der Waals surface area (Å²) in [5.41, 5.74) is 1.97. The highest BCUT2D eigenvalue weighted by molar-refractivity contribution is 7.99. The van der Waals surface area contributed by atoms with Crippen LogP contribution in [0.5, 0.6) is 11.5 Å². The van der Waals surface area contributed by atoms with Crippen LogP contribution in [0.3, 0.4) is 0 Å². The van der Waals surface area contributed by atoms with Gasteiger partial charge < -0.3 is 13.9 Å². The lowest BCUT2D eigenvalue weighted by atomic mass is 10.2. The Hall–Kier alpha value is -2.54. The molecule has 0 N–H and O–H groups in total. The van der Waals surface area contributed by atoms with E-state index >= 15 is 0 Å². The number of benzene rings is 1. The van der Waals surface area contributed by atoms with E-state index in [0.717, 1.165) is 17.7 Å². The molecule has 24 heavy (non-hydrogen) atoms. The lowest BCUT2D eigenvalue weighted by molar-refractivity contribution is 0.393. The number of thioether (sulfide) groups is 1. The van der Waals surface area contributed by atoms with Crippen LogP contribution in [-0.4, -0.2) is 35.2 Å². The lowest BCUT2D eigenvalue weighted by Crippen LogP contribution is -1.90. The van der Waals surface area contributed by atoms with E-state index in [1.165, 1.54) is 17.3 Å².